The lowest BCUT2D eigenvalue weighted by Crippen LogP contribution is -2.44. The van der Waals surface area contributed by atoms with E-state index in [2.05, 4.69) is 56.3 Å². The highest BCUT2D eigenvalue weighted by atomic mass is 79.9. The predicted molar refractivity (Wildman–Crippen MR) is 511 cm³/mol. The zero-order chi connectivity index (χ0) is 91.1. The van der Waals surface area contributed by atoms with E-state index >= 15 is 0 Å². The average Bonchev–Trinajstić information content (AvgIpc) is 1.58. The van der Waals surface area contributed by atoms with Crippen LogP contribution in [0, 0.1) is 37.6 Å². The number of amides is 4. The maximum atomic E-state index is 13.4. The molecule has 14 rings (SSSR count). The summed E-state index contributed by atoms with van der Waals surface area (Å²) < 4.78 is 0. The molecule has 13 aromatic rings. The van der Waals surface area contributed by atoms with Gasteiger partial charge in [0.15, 0.2) is 40.0 Å². The van der Waals surface area contributed by atoms with Crippen LogP contribution in [-0.2, 0) is 10.5 Å². The number of β-amino-alcohol motifs (C(OH)–C–C–N with tert-alkyl or cyclic N) is 1. The number of nitrogens with one attached hydrogen (secondary N) is 3. The van der Waals surface area contributed by atoms with Crippen molar-refractivity contribution in [1.29, 1.82) is 5.26 Å². The second kappa shape index (κ2) is 50.4. The summed E-state index contributed by atoms with van der Waals surface area (Å²) in [5.74, 6) is -0.0625. The number of Topliss-reactive ketones (excluding diaryl/α,β-unsaturated/α-hetero) is 2. The molecule has 0 saturated carbocycles. The van der Waals surface area contributed by atoms with E-state index in [1.54, 1.807) is 285 Å². The molecule has 1 heterocycles. The number of halogens is 9. The van der Waals surface area contributed by atoms with Gasteiger partial charge in [-0.15, -0.1) is 0 Å². The molecule has 4 amide bonds. The van der Waals surface area contributed by atoms with E-state index < -0.39 is 30.0 Å². The number of isocyanates is 1. The number of alkyl halides is 1. The van der Waals surface area contributed by atoms with Gasteiger partial charge in [-0.2, -0.15) is 10.3 Å². The molecule has 3 atom stereocenters. The summed E-state index contributed by atoms with van der Waals surface area (Å²) in [6, 6.07) is 89.9. The van der Waals surface area contributed by atoms with Crippen molar-refractivity contribution in [3.05, 3.63) is 435 Å². The minimum absolute atomic E-state index is 0.00731. The third-order valence-corrected chi connectivity index (χ3v) is 20.2. The van der Waals surface area contributed by atoms with Gasteiger partial charge in [0, 0.05) is 97.7 Å². The van der Waals surface area contributed by atoms with Gasteiger partial charge < -0.3 is 37.0 Å². The summed E-state index contributed by atoms with van der Waals surface area (Å²) in [5, 5.41) is 55.1. The number of nitrogens with zero attached hydrogens (tertiary/aromatic N) is 9. The van der Waals surface area contributed by atoms with Crippen LogP contribution in [-0.4, -0.2) is 76.5 Å². The maximum Gasteiger partial charge on any atom is 0.331 e. The Morgan fingerprint density at radius 1 is 0.500 bits per heavy atom. The molecular formula is C96H72BrCl8N13O8. The number of nitrogens with two attached hydrogens (primary N) is 1. The predicted octanol–water partition coefficient (Wildman–Crippen LogP) is 26.7. The topological polar surface area (TPSA) is 271 Å². The molecule has 21 nitrogen and oxygen atoms in total. The number of hydrogen-bond acceptors (Lipinski definition) is 13. The number of aliphatic hydroxyl groups excluding tert-OH is 2. The molecule has 0 radical (unpaired) electrons. The minimum atomic E-state index is -1.68. The van der Waals surface area contributed by atoms with Crippen LogP contribution in [0.25, 0.3) is 19.4 Å². The van der Waals surface area contributed by atoms with Crippen molar-refractivity contribution in [2.45, 2.75) is 17.9 Å². The van der Waals surface area contributed by atoms with Crippen molar-refractivity contribution in [2.24, 2.45) is 4.99 Å². The number of anilines is 7. The number of benzene rings is 13. The molecule has 1 saturated heterocycles. The van der Waals surface area contributed by atoms with E-state index in [-0.39, 0.29) is 31.2 Å². The minimum Gasteiger partial charge on any atom is -0.399 e. The van der Waals surface area contributed by atoms with Gasteiger partial charge in [-0.05, 0) is 235 Å². The number of urea groups is 2. The zero-order valence-corrected chi connectivity index (χ0v) is 73.7. The fraction of sp³-hybridized carbons (Fsp3) is 0.0833. The molecule has 632 valence electrons. The number of carbonyl (C=O) groups excluding carboxylic acids is 5. The zero-order valence-electron chi connectivity index (χ0n) is 66.1. The van der Waals surface area contributed by atoms with Gasteiger partial charge in [-0.3, -0.25) is 24.3 Å². The molecule has 0 aliphatic carbocycles. The molecule has 8 N–H and O–H groups in total. The maximum absolute atomic E-state index is 13.4. The number of rotatable bonds is 19. The van der Waals surface area contributed by atoms with Crippen molar-refractivity contribution >= 4 is 207 Å². The van der Waals surface area contributed by atoms with E-state index in [9.17, 15) is 39.3 Å². The first-order valence-electron chi connectivity index (χ1n) is 37.3. The van der Waals surface area contributed by atoms with Crippen molar-refractivity contribution in [3.8, 4) is 6.07 Å². The lowest BCUT2D eigenvalue weighted by Gasteiger charge is -2.32. The Morgan fingerprint density at radius 3 is 1.38 bits per heavy atom. The third-order valence-electron chi connectivity index (χ3n) is 17.7. The molecule has 126 heavy (non-hydrogen) atoms. The summed E-state index contributed by atoms with van der Waals surface area (Å²) in [5.41, 5.74) is 14.1. The Balaban J connectivity index is 0.000000190. The summed E-state index contributed by atoms with van der Waals surface area (Å²) in [6.07, 6.45) is -0.203. The van der Waals surface area contributed by atoms with Gasteiger partial charge in [0.1, 0.15) is 0 Å². The van der Waals surface area contributed by atoms with Crippen LogP contribution < -0.4 is 36.4 Å². The third kappa shape index (κ3) is 31.2. The van der Waals surface area contributed by atoms with E-state index in [4.69, 9.17) is 130 Å². The SMILES string of the molecule is N#Cc1cccc(C(=O)CBr)c1.Nc1ccc(Cl)cc1.O=C=Nc1ccc(Cl)cc1.[C-]#[N+]c1cccc(C(=O)CNc2ccc(Cl)cc2)c1.[C-]#[N+]c1cccc(C(O)CN(C(=O)Nc2ccc(Cl)cc2)c2ccc(Cl)cc2)c1.[C-]#[N+]c1cccc(C(O)CNc2ccc(Cl)cc2)c1.[C-]#[N+]c1cccc(C2(O)CN(c3ccc(Cl)cc3)C(=O)N2c2ccc(Cl)cc2)c1. The molecule has 30 heteroatoms. The Hall–Kier alpha value is -13.4. The van der Waals surface area contributed by atoms with E-state index in [1.165, 1.54) is 20.8 Å². The normalized spacial score (nSPS) is 12.3. The van der Waals surface area contributed by atoms with E-state index in [1.807, 2.05) is 36.4 Å². The number of ketones is 2. The average molecular weight is 1900 g/mol. The van der Waals surface area contributed by atoms with Crippen molar-refractivity contribution in [2.75, 3.05) is 67.9 Å². The Kier molecular flexibility index (Phi) is 39.3. The molecule has 0 bridgehead atoms. The van der Waals surface area contributed by atoms with Crippen LogP contribution in [0.3, 0.4) is 0 Å². The summed E-state index contributed by atoms with van der Waals surface area (Å²) in [6.45, 7) is 28.8. The highest BCUT2D eigenvalue weighted by Gasteiger charge is 2.51. The monoisotopic (exact) mass is 1890 g/mol. The molecule has 0 spiro atoms. The van der Waals surface area contributed by atoms with Crippen LogP contribution in [0.1, 0.15) is 55.2 Å². The standard InChI is InChI=1S/C22H15Cl2N3O2.C22H17Cl2N3O2.C15H13ClN2O.C15H11ClN2O.C9H6BrNO.C7H4ClNO.C6H6ClN/c1-25-18-4-2-3-15(13-18)22(29)14-26(19-9-5-16(23)6-10-19)21(28)27(22)20-11-7-17(24)8-12-20;1-25-19-4-2-3-15(13-19)21(28)14-27(20-11-7-17(24)8-12-20)22(29)26-18-9-5-16(23)6-10-18;2*1-17-14-4-2-3-11(9-14)15(19)10-18-13-7-5-12(16)6-8-13;10-5-9(12)8-3-1-2-7(4-8)6-11;8-6-1-3-7(4-2-6)9-5-10;7-5-1-3-6(8)4-2-5/h2-13,29H,14H2;2-13,21,28H,14H2,(H,26,29);2-9,15,18-19H,10H2;2-9,18H,10H2;1-4H,5H2;1-4H;1-4H,8H2. The number of aliphatic hydroxyl groups is 3. The van der Waals surface area contributed by atoms with Crippen LogP contribution in [0.4, 0.5) is 77.8 Å². The van der Waals surface area contributed by atoms with Crippen LogP contribution in [0.2, 0.25) is 40.2 Å². The first kappa shape index (κ1) is 98.1. The van der Waals surface area contributed by atoms with Crippen LogP contribution >= 0.6 is 109 Å². The van der Waals surface area contributed by atoms with Crippen LogP contribution in [0.15, 0.2) is 320 Å². The summed E-state index contributed by atoms with van der Waals surface area (Å²) in [4.78, 5) is 80.2. The van der Waals surface area contributed by atoms with Gasteiger partial charge in [0.2, 0.25) is 6.08 Å². The highest BCUT2D eigenvalue weighted by molar-refractivity contribution is 9.09. The number of carbonyl (C=O) groups is 4. The Labute approximate surface area is 776 Å². The lowest BCUT2D eigenvalue weighted by molar-refractivity contribution is 0.0656. The molecule has 1 aliphatic heterocycles. The van der Waals surface area contributed by atoms with Gasteiger partial charge >= 0.3 is 12.1 Å². The van der Waals surface area contributed by atoms with Crippen molar-refractivity contribution in [3.63, 3.8) is 0 Å². The van der Waals surface area contributed by atoms with E-state index in [0.29, 0.717) is 126 Å². The Bertz CT molecular complexity index is 6050. The van der Waals surface area contributed by atoms with Crippen LogP contribution in [0.5, 0.6) is 0 Å². The van der Waals surface area contributed by atoms with Gasteiger partial charge in [0.25, 0.3) is 0 Å². The van der Waals surface area contributed by atoms with Crippen molar-refractivity contribution < 1.29 is 39.3 Å². The fourth-order valence-electron chi connectivity index (χ4n) is 11.3. The molecule has 1 fully saturated rings. The second-order valence-corrected chi connectivity index (χ2v) is 30.5. The molecule has 1 aliphatic rings. The lowest BCUT2D eigenvalue weighted by atomic mass is 10.0. The fourth-order valence-corrected chi connectivity index (χ4v) is 12.7. The summed E-state index contributed by atoms with van der Waals surface area (Å²) >= 11 is 49.6. The number of aliphatic imine (C=N–C) groups is 1. The molecule has 3 unspecified atom stereocenters. The smallest absolute Gasteiger partial charge is 0.331 e. The second-order valence-electron chi connectivity index (χ2n) is 26.4. The molecular weight excluding hydrogens is 1830 g/mol. The summed E-state index contributed by atoms with van der Waals surface area (Å²) in [7, 11) is 0. The first-order valence-corrected chi connectivity index (χ1v) is 41.5. The first-order chi connectivity index (χ1) is 60.6. The van der Waals surface area contributed by atoms with Gasteiger partial charge in [0.05, 0.1) is 80.8 Å². The largest absolute Gasteiger partial charge is 0.399 e. The Morgan fingerprint density at radius 2 is 0.905 bits per heavy atom. The number of hydrogen-bond donors (Lipinski definition) is 7. The molecule has 13 aromatic carbocycles. The van der Waals surface area contributed by atoms with Gasteiger partial charge in [-0.1, -0.05) is 206 Å². The van der Waals surface area contributed by atoms with E-state index in [0.717, 1.165) is 27.6 Å². The number of nitriles is 1. The number of nitrogen functional groups attached to an aromatic ring is 1. The van der Waals surface area contributed by atoms with Crippen molar-refractivity contribution in [1.82, 2.24) is 0 Å². The highest BCUT2D eigenvalue weighted by Crippen LogP contribution is 2.42. The quantitative estimate of drug-likeness (QED) is 0.00995. The van der Waals surface area contributed by atoms with Gasteiger partial charge in [-0.25, -0.2) is 33.8 Å². The molecule has 0 aromatic heterocycles.